The highest BCUT2D eigenvalue weighted by Gasteiger charge is 2.50. The quantitative estimate of drug-likeness (QED) is 0.247. The minimum absolute atomic E-state index is 0.0516. The van der Waals surface area contributed by atoms with Crippen LogP contribution >= 0.6 is 22.9 Å². The smallest absolute Gasteiger partial charge is 0.286 e. The summed E-state index contributed by atoms with van der Waals surface area (Å²) in [6.45, 7) is 1.67. The van der Waals surface area contributed by atoms with Crippen molar-refractivity contribution in [1.29, 1.82) is 5.26 Å². The first-order valence-electron chi connectivity index (χ1n) is 15.7. The number of benzene rings is 2. The van der Waals surface area contributed by atoms with Crippen molar-refractivity contribution in [1.82, 2.24) is 20.4 Å². The molecule has 1 aromatic heterocycles. The Morgan fingerprint density at radius 1 is 1.34 bits per heavy atom. The number of rotatable bonds is 5. The zero-order chi connectivity index (χ0) is 32.6. The number of fused-ring (bicyclic) bond motifs is 4. The molecule has 2 saturated heterocycles. The van der Waals surface area contributed by atoms with E-state index in [4.69, 9.17) is 26.8 Å². The maximum absolute atomic E-state index is 17.3. The highest BCUT2D eigenvalue weighted by atomic mass is 35.5. The number of nitriles is 1. The van der Waals surface area contributed by atoms with Crippen LogP contribution in [0.5, 0.6) is 5.75 Å². The largest absolute Gasteiger partial charge is 0.463 e. The van der Waals surface area contributed by atoms with E-state index in [1.54, 1.807) is 6.08 Å². The molecule has 4 atom stereocenters. The predicted octanol–water partition coefficient (Wildman–Crippen LogP) is 6.28. The van der Waals surface area contributed by atoms with Crippen LogP contribution in [0.15, 0.2) is 35.9 Å². The number of nitrogens with zero attached hydrogens (tertiary/aromatic N) is 3. The van der Waals surface area contributed by atoms with E-state index in [-0.39, 0.29) is 61.3 Å². The Morgan fingerprint density at radius 2 is 2.19 bits per heavy atom. The molecule has 0 radical (unpaired) electrons. The lowest BCUT2D eigenvalue weighted by atomic mass is 9.93. The van der Waals surface area contributed by atoms with Crippen LogP contribution in [0.3, 0.4) is 0 Å². The lowest BCUT2D eigenvalue weighted by Gasteiger charge is -2.46. The molecule has 0 spiro atoms. The van der Waals surface area contributed by atoms with Crippen molar-refractivity contribution >= 4 is 43.7 Å². The molecule has 2 aromatic carbocycles. The first-order valence-corrected chi connectivity index (χ1v) is 16.9. The Morgan fingerprint density at radius 3 is 3.00 bits per heavy atom. The lowest BCUT2D eigenvalue weighted by Crippen LogP contribution is -2.53. The van der Waals surface area contributed by atoms with Gasteiger partial charge in [0.05, 0.1) is 44.9 Å². The second-order valence-corrected chi connectivity index (χ2v) is 14.1. The SMILES string of the molecule is CNC1CCC=C2/C=C(/OC[C@@]34CCCN3C[C@H](F)C4)Oc3c(F)c(-c4ccc(F)c5sc(N)c(C#N)c45)c(Cl)c4c3C(NCN4)N21. The third-order valence-electron chi connectivity index (χ3n) is 10.2. The summed E-state index contributed by atoms with van der Waals surface area (Å²) in [6, 6.07) is 4.68. The van der Waals surface area contributed by atoms with Gasteiger partial charge in [-0.25, -0.2) is 13.2 Å². The Bertz CT molecular complexity index is 1910. The fraction of sp³-hybridized carbons (Fsp3) is 0.424. The molecule has 47 heavy (non-hydrogen) atoms. The normalized spacial score (nSPS) is 27.7. The van der Waals surface area contributed by atoms with Gasteiger partial charge in [0.2, 0.25) is 0 Å². The summed E-state index contributed by atoms with van der Waals surface area (Å²) in [5, 5.41) is 20.4. The highest BCUT2D eigenvalue weighted by Crippen LogP contribution is 2.53. The molecule has 2 unspecified atom stereocenters. The number of nitrogens with two attached hydrogens (primary N) is 1. The van der Waals surface area contributed by atoms with E-state index in [0.717, 1.165) is 49.3 Å². The van der Waals surface area contributed by atoms with E-state index < -0.39 is 29.5 Å². The number of alkyl halides is 1. The van der Waals surface area contributed by atoms with Gasteiger partial charge in [-0.15, -0.1) is 11.3 Å². The third kappa shape index (κ3) is 4.68. The number of anilines is 2. The van der Waals surface area contributed by atoms with Gasteiger partial charge in [0.15, 0.2) is 11.6 Å². The molecule has 6 heterocycles. The summed E-state index contributed by atoms with van der Waals surface area (Å²) in [4.78, 5) is 4.28. The van der Waals surface area contributed by atoms with E-state index in [9.17, 15) is 9.65 Å². The number of hydrogen-bond donors (Lipinski definition) is 4. The summed E-state index contributed by atoms with van der Waals surface area (Å²) in [6.07, 6.45) is 5.98. The van der Waals surface area contributed by atoms with Gasteiger partial charge in [0.25, 0.3) is 5.95 Å². The number of nitrogens with one attached hydrogen (secondary N) is 3. The van der Waals surface area contributed by atoms with Crippen molar-refractivity contribution in [3.63, 3.8) is 0 Å². The predicted molar refractivity (Wildman–Crippen MR) is 175 cm³/mol. The van der Waals surface area contributed by atoms with E-state index in [1.807, 2.05) is 7.05 Å². The Kier molecular flexibility index (Phi) is 7.49. The molecule has 0 amide bonds. The van der Waals surface area contributed by atoms with Gasteiger partial charge in [0.1, 0.15) is 35.8 Å². The number of halogens is 4. The van der Waals surface area contributed by atoms with Crippen LogP contribution < -0.4 is 26.4 Å². The van der Waals surface area contributed by atoms with Gasteiger partial charge < -0.3 is 30.7 Å². The second-order valence-electron chi connectivity index (χ2n) is 12.7. The lowest BCUT2D eigenvalue weighted by molar-refractivity contribution is 0.0232. The van der Waals surface area contributed by atoms with Crippen LogP contribution in [-0.4, -0.2) is 61.1 Å². The van der Waals surface area contributed by atoms with Crippen molar-refractivity contribution in [2.24, 2.45) is 0 Å². The average Bonchev–Trinajstić information content (AvgIpc) is 3.70. The number of hydrogen-bond acceptors (Lipinski definition) is 10. The molecule has 9 nitrogen and oxygen atoms in total. The van der Waals surface area contributed by atoms with Crippen LogP contribution in [-0.2, 0) is 4.74 Å². The van der Waals surface area contributed by atoms with Gasteiger partial charge in [0, 0.05) is 35.7 Å². The molecule has 0 aliphatic carbocycles. The van der Waals surface area contributed by atoms with Gasteiger partial charge >= 0.3 is 0 Å². The minimum Gasteiger partial charge on any atom is -0.463 e. The van der Waals surface area contributed by atoms with Gasteiger partial charge in [-0.3, -0.25) is 10.2 Å². The van der Waals surface area contributed by atoms with Crippen molar-refractivity contribution in [3.05, 3.63) is 63.7 Å². The second kappa shape index (κ2) is 11.5. The van der Waals surface area contributed by atoms with Crippen LogP contribution in [0.25, 0.3) is 21.2 Å². The number of nitrogen functional groups attached to an aromatic ring is 1. The van der Waals surface area contributed by atoms with E-state index in [1.165, 1.54) is 12.1 Å². The monoisotopic (exact) mass is 683 g/mol. The molecular formula is C33H33ClF3N7O2S. The molecular weight excluding hydrogens is 651 g/mol. The maximum atomic E-state index is 17.3. The van der Waals surface area contributed by atoms with Crippen LogP contribution in [0.1, 0.15) is 49.4 Å². The highest BCUT2D eigenvalue weighted by molar-refractivity contribution is 7.23. The third-order valence-corrected chi connectivity index (χ3v) is 11.6. The van der Waals surface area contributed by atoms with Crippen LogP contribution in [0, 0.1) is 23.0 Å². The molecule has 246 valence electrons. The summed E-state index contributed by atoms with van der Waals surface area (Å²) in [7, 11) is 1.88. The molecule has 2 fully saturated rings. The van der Waals surface area contributed by atoms with Gasteiger partial charge in [-0.05, 0) is 50.9 Å². The molecule has 5 aliphatic heterocycles. The van der Waals surface area contributed by atoms with E-state index in [2.05, 4.69) is 37.9 Å². The van der Waals surface area contributed by atoms with Crippen LogP contribution in [0.2, 0.25) is 5.02 Å². The Hall–Kier alpha value is -3.67. The fourth-order valence-corrected chi connectivity index (χ4v) is 9.38. The number of allylic oxidation sites excluding steroid dienone is 2. The molecule has 0 saturated carbocycles. The molecule has 5 N–H and O–H groups in total. The van der Waals surface area contributed by atoms with Gasteiger partial charge in [-0.1, -0.05) is 23.7 Å². The summed E-state index contributed by atoms with van der Waals surface area (Å²) >= 11 is 8.02. The first-order chi connectivity index (χ1) is 22.7. The summed E-state index contributed by atoms with van der Waals surface area (Å²) < 4.78 is 59.9. The zero-order valence-corrected chi connectivity index (χ0v) is 27.1. The van der Waals surface area contributed by atoms with Gasteiger partial charge in [-0.2, -0.15) is 5.26 Å². The number of thiophene rings is 1. The van der Waals surface area contributed by atoms with Crippen molar-refractivity contribution < 1.29 is 22.6 Å². The van der Waals surface area contributed by atoms with E-state index in [0.29, 0.717) is 30.9 Å². The van der Waals surface area contributed by atoms with Crippen molar-refractivity contribution in [2.75, 3.05) is 44.5 Å². The van der Waals surface area contributed by atoms with Crippen LogP contribution in [0.4, 0.5) is 23.9 Å². The average molecular weight is 684 g/mol. The molecule has 0 bridgehead atoms. The standard InChI is InChI=1S/C33H33ClF3N7O2S/c1-40-21-5-2-4-17-10-22(45-14-33-8-3-9-43(33)13-16(35)11-33)46-29-25-28(41-15-42-32(25)44(17)21)26(34)24(27(29)37)18-6-7-20(36)30-23(18)19(12-38)31(39)47-30/h4,6-7,10,16,21,32,40-42H,2-3,5,8-9,11,13-15,39H2,1H3/b22-10-/t16-,21?,32?,33+/m1/s1. The van der Waals surface area contributed by atoms with Crippen molar-refractivity contribution in [3.8, 4) is 22.9 Å². The van der Waals surface area contributed by atoms with Crippen molar-refractivity contribution in [2.45, 2.75) is 56.1 Å². The Labute approximate surface area is 278 Å². The fourth-order valence-electron chi connectivity index (χ4n) is 8.07. The maximum Gasteiger partial charge on any atom is 0.286 e. The Balaban J connectivity index is 1.32. The molecule has 3 aromatic rings. The summed E-state index contributed by atoms with van der Waals surface area (Å²) in [5.41, 5.74) is 7.58. The topological polar surface area (TPSA) is 111 Å². The molecule has 14 heteroatoms. The number of ether oxygens (including phenoxy) is 2. The van der Waals surface area contributed by atoms with E-state index >= 15 is 8.78 Å². The summed E-state index contributed by atoms with van der Waals surface area (Å²) in [5.74, 6) is -1.42. The zero-order valence-electron chi connectivity index (χ0n) is 25.6. The molecule has 5 aliphatic rings. The minimum atomic E-state index is -0.933. The first kappa shape index (κ1) is 30.7. The molecule has 8 rings (SSSR count).